The van der Waals surface area contributed by atoms with Crippen LogP contribution in [-0.4, -0.2) is 38.8 Å². The van der Waals surface area contributed by atoms with Gasteiger partial charge in [-0.3, -0.25) is 4.79 Å². The first-order chi connectivity index (χ1) is 12.9. The number of methoxy groups -OCH3 is 1. The lowest BCUT2D eigenvalue weighted by Gasteiger charge is -2.26. The van der Waals surface area contributed by atoms with E-state index in [-0.39, 0.29) is 10.5 Å². The maximum atomic E-state index is 13.1. The third kappa shape index (κ3) is 4.14. The molecule has 2 aromatic rings. The van der Waals surface area contributed by atoms with E-state index in [0.717, 1.165) is 24.8 Å². The van der Waals surface area contributed by atoms with Crippen molar-refractivity contribution in [2.45, 2.75) is 31.1 Å². The van der Waals surface area contributed by atoms with Crippen molar-refractivity contribution in [2.24, 2.45) is 0 Å². The van der Waals surface area contributed by atoms with E-state index in [1.54, 1.807) is 24.3 Å². The van der Waals surface area contributed by atoms with Crippen molar-refractivity contribution in [2.75, 3.05) is 25.5 Å². The first-order valence-corrected chi connectivity index (χ1v) is 10.4. The van der Waals surface area contributed by atoms with Crippen molar-refractivity contribution in [1.29, 1.82) is 0 Å². The summed E-state index contributed by atoms with van der Waals surface area (Å²) in [4.78, 5) is 12.9. The molecule has 0 radical (unpaired) electrons. The van der Waals surface area contributed by atoms with Crippen LogP contribution in [-0.2, 0) is 10.0 Å². The third-order valence-electron chi connectivity index (χ3n) is 4.67. The standard InChI is InChI=1S/C20H24N2O4S/c1-15-10-11-18(26-2)17(14-15)21-20(23)16-8-4-5-9-19(16)27(24,25)22-12-6-3-7-13-22/h4-5,8-11,14H,3,6-7,12-13H2,1-2H3,(H,21,23). The van der Waals surface area contributed by atoms with Crippen molar-refractivity contribution < 1.29 is 17.9 Å². The van der Waals surface area contributed by atoms with E-state index in [1.807, 2.05) is 13.0 Å². The van der Waals surface area contributed by atoms with E-state index in [1.165, 1.54) is 23.5 Å². The predicted octanol–water partition coefficient (Wildman–Crippen LogP) is 3.43. The Labute approximate surface area is 160 Å². The Kier molecular flexibility index (Phi) is 5.82. The quantitative estimate of drug-likeness (QED) is 0.851. The first-order valence-electron chi connectivity index (χ1n) is 8.98. The third-order valence-corrected chi connectivity index (χ3v) is 6.62. The summed E-state index contributed by atoms with van der Waals surface area (Å²) in [5.41, 5.74) is 1.60. The van der Waals surface area contributed by atoms with Gasteiger partial charge in [0, 0.05) is 13.1 Å². The lowest BCUT2D eigenvalue weighted by molar-refractivity contribution is 0.102. The number of rotatable bonds is 5. The van der Waals surface area contributed by atoms with E-state index in [0.29, 0.717) is 24.5 Å². The molecular formula is C20H24N2O4S. The minimum absolute atomic E-state index is 0.0380. The number of piperidine rings is 1. The molecule has 0 saturated carbocycles. The van der Waals surface area contributed by atoms with Crippen LogP contribution in [0.2, 0.25) is 0 Å². The summed E-state index contributed by atoms with van der Waals surface area (Å²) < 4.78 is 32.9. The van der Waals surface area contributed by atoms with Gasteiger partial charge in [-0.15, -0.1) is 0 Å². The van der Waals surface area contributed by atoms with Crippen LogP contribution < -0.4 is 10.1 Å². The number of aryl methyl sites for hydroxylation is 1. The number of amides is 1. The zero-order chi connectivity index (χ0) is 19.4. The molecule has 1 N–H and O–H groups in total. The zero-order valence-corrected chi connectivity index (χ0v) is 16.4. The van der Waals surface area contributed by atoms with Crippen LogP contribution in [0, 0.1) is 6.92 Å². The number of hydrogen-bond acceptors (Lipinski definition) is 4. The van der Waals surface area contributed by atoms with Gasteiger partial charge in [0.05, 0.1) is 23.3 Å². The summed E-state index contributed by atoms with van der Waals surface area (Å²) in [6, 6.07) is 11.8. The molecular weight excluding hydrogens is 364 g/mol. The highest BCUT2D eigenvalue weighted by Gasteiger charge is 2.29. The van der Waals surface area contributed by atoms with E-state index in [9.17, 15) is 13.2 Å². The molecule has 1 aliphatic rings. The topological polar surface area (TPSA) is 75.7 Å². The molecule has 1 amide bonds. The van der Waals surface area contributed by atoms with Crippen LogP contribution >= 0.6 is 0 Å². The molecule has 6 nitrogen and oxygen atoms in total. The van der Waals surface area contributed by atoms with Gasteiger partial charge in [0.25, 0.3) is 5.91 Å². The minimum atomic E-state index is -3.71. The molecule has 1 fully saturated rings. The summed E-state index contributed by atoms with van der Waals surface area (Å²) in [5.74, 6) is 0.0420. The number of ether oxygens (including phenoxy) is 1. The average molecular weight is 388 g/mol. The van der Waals surface area contributed by atoms with Gasteiger partial charge >= 0.3 is 0 Å². The Morgan fingerprint density at radius 3 is 2.48 bits per heavy atom. The Hall–Kier alpha value is -2.38. The predicted molar refractivity (Wildman–Crippen MR) is 105 cm³/mol. The molecule has 0 unspecified atom stereocenters. The molecule has 7 heteroatoms. The van der Waals surface area contributed by atoms with Gasteiger partial charge < -0.3 is 10.1 Å². The molecule has 1 saturated heterocycles. The smallest absolute Gasteiger partial charge is 0.257 e. The summed E-state index contributed by atoms with van der Waals surface area (Å²) in [5, 5.41) is 2.79. The number of nitrogens with one attached hydrogen (secondary N) is 1. The molecule has 0 aromatic heterocycles. The maximum absolute atomic E-state index is 13.1. The summed E-state index contributed by atoms with van der Waals surface area (Å²) in [6.07, 6.45) is 2.71. The molecule has 0 bridgehead atoms. The van der Waals surface area contributed by atoms with Gasteiger partial charge in [-0.1, -0.05) is 24.6 Å². The second-order valence-corrected chi connectivity index (χ2v) is 8.53. The fourth-order valence-corrected chi connectivity index (χ4v) is 4.94. The molecule has 3 rings (SSSR count). The Bertz CT molecular complexity index is 935. The van der Waals surface area contributed by atoms with E-state index >= 15 is 0 Å². The van der Waals surface area contributed by atoms with Gasteiger partial charge in [-0.05, 0) is 49.6 Å². The van der Waals surface area contributed by atoms with Crippen LogP contribution in [0.4, 0.5) is 5.69 Å². The molecule has 27 heavy (non-hydrogen) atoms. The number of sulfonamides is 1. The molecule has 1 heterocycles. The van der Waals surface area contributed by atoms with Gasteiger partial charge in [0.2, 0.25) is 10.0 Å². The number of benzene rings is 2. The molecule has 0 atom stereocenters. The monoisotopic (exact) mass is 388 g/mol. The van der Waals surface area contributed by atoms with Crippen molar-refractivity contribution in [3.05, 3.63) is 53.6 Å². The largest absolute Gasteiger partial charge is 0.495 e. The summed E-state index contributed by atoms with van der Waals surface area (Å²) >= 11 is 0. The highest BCUT2D eigenvalue weighted by atomic mass is 32.2. The van der Waals surface area contributed by atoms with Gasteiger partial charge in [0.1, 0.15) is 5.75 Å². The van der Waals surface area contributed by atoms with E-state index in [4.69, 9.17) is 4.74 Å². The second-order valence-electron chi connectivity index (χ2n) is 6.62. The lowest BCUT2D eigenvalue weighted by Crippen LogP contribution is -2.36. The number of carbonyl (C=O) groups excluding carboxylic acids is 1. The number of nitrogens with zero attached hydrogens (tertiary/aromatic N) is 1. The van der Waals surface area contributed by atoms with Crippen LogP contribution in [0.15, 0.2) is 47.4 Å². The van der Waals surface area contributed by atoms with Crippen LogP contribution in [0.1, 0.15) is 35.2 Å². The fraction of sp³-hybridized carbons (Fsp3) is 0.350. The van der Waals surface area contributed by atoms with Crippen molar-refractivity contribution in [3.63, 3.8) is 0 Å². The van der Waals surface area contributed by atoms with E-state index < -0.39 is 15.9 Å². The van der Waals surface area contributed by atoms with Gasteiger partial charge in [-0.25, -0.2) is 8.42 Å². The lowest BCUT2D eigenvalue weighted by atomic mass is 10.1. The van der Waals surface area contributed by atoms with E-state index in [2.05, 4.69) is 5.32 Å². The minimum Gasteiger partial charge on any atom is -0.495 e. The fourth-order valence-electron chi connectivity index (χ4n) is 3.23. The molecule has 1 aliphatic heterocycles. The molecule has 0 spiro atoms. The van der Waals surface area contributed by atoms with Gasteiger partial charge in [-0.2, -0.15) is 4.31 Å². The van der Waals surface area contributed by atoms with Crippen LogP contribution in [0.3, 0.4) is 0 Å². The first kappa shape index (κ1) is 19.4. The molecule has 144 valence electrons. The van der Waals surface area contributed by atoms with Crippen molar-refractivity contribution in [3.8, 4) is 5.75 Å². The number of hydrogen-bond donors (Lipinski definition) is 1. The molecule has 0 aliphatic carbocycles. The average Bonchev–Trinajstić information content (AvgIpc) is 2.69. The SMILES string of the molecule is COc1ccc(C)cc1NC(=O)c1ccccc1S(=O)(=O)N1CCCCC1. The highest BCUT2D eigenvalue weighted by Crippen LogP contribution is 2.28. The van der Waals surface area contributed by atoms with Crippen molar-refractivity contribution >= 4 is 21.6 Å². The number of carbonyl (C=O) groups is 1. The maximum Gasteiger partial charge on any atom is 0.257 e. The Balaban J connectivity index is 1.94. The van der Waals surface area contributed by atoms with Crippen LogP contribution in [0.5, 0.6) is 5.75 Å². The van der Waals surface area contributed by atoms with Crippen molar-refractivity contribution in [1.82, 2.24) is 4.31 Å². The highest BCUT2D eigenvalue weighted by molar-refractivity contribution is 7.89. The Morgan fingerprint density at radius 1 is 1.07 bits per heavy atom. The molecule has 2 aromatic carbocycles. The zero-order valence-electron chi connectivity index (χ0n) is 15.6. The van der Waals surface area contributed by atoms with Crippen LogP contribution in [0.25, 0.3) is 0 Å². The number of anilines is 1. The van der Waals surface area contributed by atoms with Gasteiger partial charge in [0.15, 0.2) is 0 Å². The summed E-state index contributed by atoms with van der Waals surface area (Å²) in [7, 11) is -2.19. The second kappa shape index (κ2) is 8.10. The normalized spacial score (nSPS) is 15.3. The Morgan fingerprint density at radius 2 is 1.78 bits per heavy atom. The summed E-state index contributed by atoms with van der Waals surface area (Å²) in [6.45, 7) is 2.89.